The average Bonchev–Trinajstić information content (AvgIpc) is 2.71. The zero-order valence-corrected chi connectivity index (χ0v) is 11.6. The molecule has 0 radical (unpaired) electrons. The van der Waals surface area contributed by atoms with Crippen LogP contribution in [0.3, 0.4) is 0 Å². The van der Waals surface area contributed by atoms with Gasteiger partial charge in [-0.05, 0) is 32.1 Å². The van der Waals surface area contributed by atoms with Crippen LogP contribution in [-0.2, 0) is 4.74 Å². The van der Waals surface area contributed by atoms with Crippen LogP contribution in [0.2, 0.25) is 0 Å². The Morgan fingerprint density at radius 2 is 2.18 bits per heavy atom. The van der Waals surface area contributed by atoms with Crippen LogP contribution < -0.4 is 5.73 Å². The summed E-state index contributed by atoms with van der Waals surface area (Å²) in [7, 11) is 0. The van der Waals surface area contributed by atoms with Gasteiger partial charge in [-0.25, -0.2) is 0 Å². The first-order valence-electron chi connectivity index (χ1n) is 7.22. The van der Waals surface area contributed by atoms with E-state index in [1.165, 1.54) is 25.7 Å². The highest BCUT2D eigenvalue weighted by atomic mass is 16.5. The number of nitrogens with zero attached hydrogens (tertiary/aromatic N) is 1. The van der Waals surface area contributed by atoms with Crippen molar-refractivity contribution < 1.29 is 4.74 Å². The van der Waals surface area contributed by atoms with Crippen molar-refractivity contribution in [1.29, 1.82) is 0 Å². The number of ether oxygens (including phenoxy) is 1. The molecule has 0 spiro atoms. The zero-order chi connectivity index (χ0) is 12.5. The van der Waals surface area contributed by atoms with E-state index in [0.29, 0.717) is 12.1 Å². The Labute approximate surface area is 106 Å². The Bertz CT molecular complexity index is 259. The third-order valence-electron chi connectivity index (χ3n) is 5.03. The number of hydrogen-bond acceptors (Lipinski definition) is 3. The molecule has 0 aromatic heterocycles. The predicted octanol–water partition coefficient (Wildman–Crippen LogP) is 2.00. The Balaban J connectivity index is 2.21. The zero-order valence-electron chi connectivity index (χ0n) is 11.6. The molecule has 2 N–H and O–H groups in total. The van der Waals surface area contributed by atoms with Crippen LogP contribution in [0, 0.1) is 5.92 Å². The minimum atomic E-state index is 0.249. The molecule has 1 saturated heterocycles. The van der Waals surface area contributed by atoms with Gasteiger partial charge in [0.05, 0.1) is 12.7 Å². The van der Waals surface area contributed by atoms with Gasteiger partial charge in [0.2, 0.25) is 0 Å². The summed E-state index contributed by atoms with van der Waals surface area (Å²) in [6, 6.07) is 0.565. The topological polar surface area (TPSA) is 38.5 Å². The van der Waals surface area contributed by atoms with Gasteiger partial charge in [-0.1, -0.05) is 20.3 Å². The highest BCUT2D eigenvalue weighted by Gasteiger charge is 2.47. The lowest BCUT2D eigenvalue weighted by Crippen LogP contribution is -2.64. The van der Waals surface area contributed by atoms with Gasteiger partial charge in [-0.15, -0.1) is 0 Å². The number of nitrogens with two attached hydrogens (primary N) is 1. The van der Waals surface area contributed by atoms with Crippen LogP contribution in [0.5, 0.6) is 0 Å². The first kappa shape index (κ1) is 13.3. The van der Waals surface area contributed by atoms with Crippen molar-refractivity contribution in [2.45, 2.75) is 64.1 Å². The maximum atomic E-state index is 6.17. The van der Waals surface area contributed by atoms with Gasteiger partial charge in [0.15, 0.2) is 0 Å². The SMILES string of the molecule is CCC1COC(C)CN1C1(CN)CCCC1C. The van der Waals surface area contributed by atoms with E-state index in [1.54, 1.807) is 0 Å². The Kier molecular flexibility index (Phi) is 4.11. The lowest BCUT2D eigenvalue weighted by Gasteiger charge is -2.51. The van der Waals surface area contributed by atoms with E-state index in [4.69, 9.17) is 10.5 Å². The monoisotopic (exact) mass is 240 g/mol. The summed E-state index contributed by atoms with van der Waals surface area (Å²) < 4.78 is 5.81. The fourth-order valence-electron chi connectivity index (χ4n) is 3.80. The third-order valence-corrected chi connectivity index (χ3v) is 5.03. The average molecular weight is 240 g/mol. The quantitative estimate of drug-likeness (QED) is 0.820. The van der Waals surface area contributed by atoms with Gasteiger partial charge in [0.25, 0.3) is 0 Å². The standard InChI is InChI=1S/C14H28N2O/c1-4-13-9-17-12(3)8-16(13)14(10-15)7-5-6-11(14)2/h11-13H,4-10,15H2,1-3H3. The molecule has 0 amide bonds. The lowest BCUT2D eigenvalue weighted by atomic mass is 9.84. The number of morpholine rings is 1. The summed E-state index contributed by atoms with van der Waals surface area (Å²) in [4.78, 5) is 2.69. The second kappa shape index (κ2) is 5.25. The minimum Gasteiger partial charge on any atom is -0.376 e. The van der Waals surface area contributed by atoms with E-state index in [9.17, 15) is 0 Å². The van der Waals surface area contributed by atoms with Crippen LogP contribution >= 0.6 is 0 Å². The molecule has 4 unspecified atom stereocenters. The van der Waals surface area contributed by atoms with E-state index >= 15 is 0 Å². The van der Waals surface area contributed by atoms with Gasteiger partial charge in [0.1, 0.15) is 0 Å². The van der Waals surface area contributed by atoms with E-state index < -0.39 is 0 Å². The Hall–Kier alpha value is -0.120. The Morgan fingerprint density at radius 1 is 1.41 bits per heavy atom. The highest BCUT2D eigenvalue weighted by molar-refractivity contribution is 5.03. The van der Waals surface area contributed by atoms with Crippen molar-refractivity contribution >= 4 is 0 Å². The smallest absolute Gasteiger partial charge is 0.0675 e. The van der Waals surface area contributed by atoms with Gasteiger partial charge < -0.3 is 10.5 Å². The molecule has 17 heavy (non-hydrogen) atoms. The molecule has 4 atom stereocenters. The fraction of sp³-hybridized carbons (Fsp3) is 1.00. The van der Waals surface area contributed by atoms with Crippen LogP contribution in [0.25, 0.3) is 0 Å². The molecule has 0 bridgehead atoms. The van der Waals surface area contributed by atoms with E-state index in [2.05, 4.69) is 25.7 Å². The molecule has 0 aromatic carbocycles. The summed E-state index contributed by atoms with van der Waals surface area (Å²) in [6.45, 7) is 9.57. The summed E-state index contributed by atoms with van der Waals surface area (Å²) >= 11 is 0. The fourth-order valence-corrected chi connectivity index (χ4v) is 3.80. The molecule has 1 aliphatic carbocycles. The molecular formula is C14H28N2O. The predicted molar refractivity (Wildman–Crippen MR) is 71.0 cm³/mol. The molecule has 1 heterocycles. The first-order valence-corrected chi connectivity index (χ1v) is 7.22. The largest absolute Gasteiger partial charge is 0.376 e. The summed E-state index contributed by atoms with van der Waals surface area (Å²) in [5, 5.41) is 0. The number of rotatable bonds is 3. The molecule has 2 fully saturated rings. The van der Waals surface area contributed by atoms with Gasteiger partial charge >= 0.3 is 0 Å². The maximum absolute atomic E-state index is 6.17. The molecule has 3 nitrogen and oxygen atoms in total. The summed E-state index contributed by atoms with van der Waals surface area (Å²) in [5.74, 6) is 0.729. The highest BCUT2D eigenvalue weighted by Crippen LogP contribution is 2.42. The normalized spacial score (nSPS) is 44.1. The molecule has 0 aromatic rings. The van der Waals surface area contributed by atoms with Gasteiger partial charge in [-0.2, -0.15) is 0 Å². The van der Waals surface area contributed by atoms with Gasteiger partial charge in [0, 0.05) is 24.7 Å². The Morgan fingerprint density at radius 3 is 2.71 bits per heavy atom. The van der Waals surface area contributed by atoms with Crippen molar-refractivity contribution in [2.75, 3.05) is 19.7 Å². The van der Waals surface area contributed by atoms with Crippen molar-refractivity contribution in [1.82, 2.24) is 4.90 Å². The molecule has 2 rings (SSSR count). The third kappa shape index (κ3) is 2.25. The van der Waals surface area contributed by atoms with Crippen molar-refractivity contribution in [3.05, 3.63) is 0 Å². The van der Waals surface area contributed by atoms with Crippen LogP contribution in [-0.4, -0.2) is 42.3 Å². The van der Waals surface area contributed by atoms with Crippen molar-refractivity contribution in [3.8, 4) is 0 Å². The second-order valence-electron chi connectivity index (χ2n) is 5.96. The first-order chi connectivity index (χ1) is 8.14. The van der Waals surface area contributed by atoms with Crippen molar-refractivity contribution in [3.63, 3.8) is 0 Å². The number of hydrogen-bond donors (Lipinski definition) is 1. The van der Waals surface area contributed by atoms with Crippen molar-refractivity contribution in [2.24, 2.45) is 11.7 Å². The van der Waals surface area contributed by atoms with E-state index in [1.807, 2.05) is 0 Å². The molecule has 3 heteroatoms. The maximum Gasteiger partial charge on any atom is 0.0675 e. The second-order valence-corrected chi connectivity index (χ2v) is 5.96. The van der Waals surface area contributed by atoms with Crippen LogP contribution in [0.4, 0.5) is 0 Å². The van der Waals surface area contributed by atoms with Crippen LogP contribution in [0.15, 0.2) is 0 Å². The van der Waals surface area contributed by atoms with Crippen LogP contribution in [0.1, 0.15) is 46.5 Å². The molecule has 100 valence electrons. The molecule has 2 aliphatic rings. The lowest BCUT2D eigenvalue weighted by molar-refractivity contribution is -0.107. The molecule has 1 aliphatic heterocycles. The summed E-state index contributed by atoms with van der Waals surface area (Å²) in [5.41, 5.74) is 6.42. The summed E-state index contributed by atoms with van der Waals surface area (Å²) in [6.07, 6.45) is 5.46. The molecule has 1 saturated carbocycles. The van der Waals surface area contributed by atoms with E-state index in [0.717, 1.165) is 25.6 Å². The van der Waals surface area contributed by atoms with Gasteiger partial charge in [-0.3, -0.25) is 4.90 Å². The molecular weight excluding hydrogens is 212 g/mol. The van der Waals surface area contributed by atoms with E-state index in [-0.39, 0.29) is 5.54 Å². The minimum absolute atomic E-state index is 0.249.